The van der Waals surface area contributed by atoms with E-state index < -0.39 is 11.7 Å². The van der Waals surface area contributed by atoms with Crippen LogP contribution in [0.1, 0.15) is 24.6 Å². The van der Waals surface area contributed by atoms with E-state index in [4.69, 9.17) is 5.84 Å². The van der Waals surface area contributed by atoms with Crippen molar-refractivity contribution in [3.63, 3.8) is 0 Å². The number of nitrogens with one attached hydrogen (secondary N) is 1. The van der Waals surface area contributed by atoms with E-state index in [1.165, 1.54) is 12.1 Å². The van der Waals surface area contributed by atoms with Gasteiger partial charge in [0.15, 0.2) is 5.82 Å². The van der Waals surface area contributed by atoms with Gasteiger partial charge in [-0.15, -0.1) is 0 Å². The van der Waals surface area contributed by atoms with E-state index in [0.29, 0.717) is 17.2 Å². The number of anilines is 1. The first kappa shape index (κ1) is 15.2. The average Bonchev–Trinajstić information content (AvgIpc) is 2.46. The maximum Gasteiger partial charge on any atom is 0.416 e. The fourth-order valence-electron chi connectivity index (χ4n) is 1.89. The van der Waals surface area contributed by atoms with Crippen LogP contribution < -0.4 is 11.3 Å². The number of alkyl halides is 3. The van der Waals surface area contributed by atoms with Gasteiger partial charge < -0.3 is 5.43 Å². The average molecular weight is 296 g/mol. The van der Waals surface area contributed by atoms with E-state index >= 15 is 0 Å². The molecule has 0 bridgehead atoms. The Bertz CT molecular complexity index is 609. The lowest BCUT2D eigenvalue weighted by Gasteiger charge is -2.09. The first-order valence-corrected chi connectivity index (χ1v) is 6.46. The first-order chi connectivity index (χ1) is 9.94. The van der Waals surface area contributed by atoms with Gasteiger partial charge in [0.1, 0.15) is 5.82 Å². The summed E-state index contributed by atoms with van der Waals surface area (Å²) in [5.41, 5.74) is 3.04. The van der Waals surface area contributed by atoms with Gasteiger partial charge in [-0.3, -0.25) is 0 Å². The van der Waals surface area contributed by atoms with Gasteiger partial charge in [-0.1, -0.05) is 25.5 Å². The van der Waals surface area contributed by atoms with Crippen molar-refractivity contribution in [1.29, 1.82) is 0 Å². The van der Waals surface area contributed by atoms with E-state index in [1.807, 2.05) is 6.92 Å². The van der Waals surface area contributed by atoms with Crippen LogP contribution >= 0.6 is 0 Å². The lowest BCUT2D eigenvalue weighted by Crippen LogP contribution is -2.10. The smallest absolute Gasteiger partial charge is 0.308 e. The zero-order chi connectivity index (χ0) is 15.5. The topological polar surface area (TPSA) is 63.8 Å². The minimum atomic E-state index is -4.35. The van der Waals surface area contributed by atoms with Gasteiger partial charge in [0.25, 0.3) is 0 Å². The number of nitrogens with two attached hydrogens (primary N) is 1. The monoisotopic (exact) mass is 296 g/mol. The second kappa shape index (κ2) is 6.09. The molecule has 1 aromatic carbocycles. The molecule has 112 valence electrons. The first-order valence-electron chi connectivity index (χ1n) is 6.46. The third kappa shape index (κ3) is 3.69. The Morgan fingerprint density at radius 1 is 1.14 bits per heavy atom. The van der Waals surface area contributed by atoms with E-state index in [1.54, 1.807) is 6.07 Å². The molecule has 0 atom stereocenters. The third-order valence-electron chi connectivity index (χ3n) is 2.90. The van der Waals surface area contributed by atoms with E-state index in [2.05, 4.69) is 15.4 Å². The van der Waals surface area contributed by atoms with Crippen LogP contribution in [0.5, 0.6) is 0 Å². The summed E-state index contributed by atoms with van der Waals surface area (Å²) in [4.78, 5) is 8.51. The number of halogens is 3. The number of benzene rings is 1. The number of nitrogens with zero attached hydrogens (tertiary/aromatic N) is 2. The molecule has 0 aliphatic carbocycles. The summed E-state index contributed by atoms with van der Waals surface area (Å²) in [6.07, 6.45) is -2.72. The molecule has 2 rings (SSSR count). The number of nitrogen functional groups attached to an aromatic ring is 1. The van der Waals surface area contributed by atoms with Crippen molar-refractivity contribution in [2.75, 3.05) is 5.43 Å². The normalized spacial score (nSPS) is 11.5. The Hall–Kier alpha value is -2.15. The Kier molecular flexibility index (Phi) is 4.42. The molecule has 0 unspecified atom stereocenters. The fraction of sp³-hybridized carbons (Fsp3) is 0.286. The standard InChI is InChI=1S/C14H15F3N4/c1-2-3-11-8-12(21-18)20-13(19-11)9-4-6-10(7-5-9)14(15,16)17/h4-8H,2-3,18H2,1H3,(H,19,20,21). The molecule has 1 heterocycles. The predicted octanol–water partition coefficient (Wildman–Crippen LogP) is 3.40. The van der Waals surface area contributed by atoms with Crippen LogP contribution in [0.4, 0.5) is 19.0 Å². The predicted molar refractivity (Wildman–Crippen MR) is 74.3 cm³/mol. The van der Waals surface area contributed by atoms with Crippen LogP contribution in [-0.4, -0.2) is 9.97 Å². The van der Waals surface area contributed by atoms with Gasteiger partial charge in [-0.05, 0) is 18.6 Å². The van der Waals surface area contributed by atoms with Crippen molar-refractivity contribution in [2.24, 2.45) is 5.84 Å². The molecule has 7 heteroatoms. The van der Waals surface area contributed by atoms with Crippen molar-refractivity contribution in [3.05, 3.63) is 41.6 Å². The highest BCUT2D eigenvalue weighted by Crippen LogP contribution is 2.30. The van der Waals surface area contributed by atoms with Gasteiger partial charge in [0, 0.05) is 17.3 Å². The summed E-state index contributed by atoms with van der Waals surface area (Å²) in [5, 5.41) is 0. The number of hydrogen-bond donors (Lipinski definition) is 2. The van der Waals surface area contributed by atoms with Crippen LogP contribution in [0.2, 0.25) is 0 Å². The molecule has 0 saturated carbocycles. The molecule has 1 aromatic heterocycles. The zero-order valence-electron chi connectivity index (χ0n) is 11.4. The lowest BCUT2D eigenvalue weighted by molar-refractivity contribution is -0.137. The molecule has 21 heavy (non-hydrogen) atoms. The fourth-order valence-corrected chi connectivity index (χ4v) is 1.89. The van der Waals surface area contributed by atoms with Gasteiger partial charge in [0.05, 0.1) is 5.56 Å². The SMILES string of the molecule is CCCc1cc(NN)nc(-c2ccc(C(F)(F)F)cc2)n1. The number of hydrogen-bond acceptors (Lipinski definition) is 4. The highest BCUT2D eigenvalue weighted by atomic mass is 19.4. The van der Waals surface area contributed by atoms with Gasteiger partial charge >= 0.3 is 6.18 Å². The lowest BCUT2D eigenvalue weighted by atomic mass is 10.1. The second-order valence-corrected chi connectivity index (χ2v) is 4.54. The minimum absolute atomic E-state index is 0.350. The number of aromatic nitrogens is 2. The molecule has 0 fully saturated rings. The Morgan fingerprint density at radius 2 is 1.81 bits per heavy atom. The summed E-state index contributed by atoms with van der Waals surface area (Å²) < 4.78 is 37.6. The molecule has 0 aliphatic rings. The van der Waals surface area contributed by atoms with E-state index in [9.17, 15) is 13.2 Å². The van der Waals surface area contributed by atoms with Crippen LogP contribution in [0.15, 0.2) is 30.3 Å². The highest BCUT2D eigenvalue weighted by Gasteiger charge is 2.30. The van der Waals surface area contributed by atoms with Crippen LogP contribution in [0, 0.1) is 0 Å². The van der Waals surface area contributed by atoms with Gasteiger partial charge in [-0.2, -0.15) is 13.2 Å². The van der Waals surface area contributed by atoms with Crippen LogP contribution in [-0.2, 0) is 12.6 Å². The maximum atomic E-state index is 12.5. The molecule has 2 aromatic rings. The summed E-state index contributed by atoms with van der Waals surface area (Å²) in [6, 6.07) is 6.46. The third-order valence-corrected chi connectivity index (χ3v) is 2.90. The summed E-state index contributed by atoms with van der Waals surface area (Å²) in [7, 11) is 0. The molecular formula is C14H15F3N4. The van der Waals surface area contributed by atoms with Crippen molar-refractivity contribution >= 4 is 5.82 Å². The molecule has 0 spiro atoms. The van der Waals surface area contributed by atoms with Crippen molar-refractivity contribution < 1.29 is 13.2 Å². The summed E-state index contributed by atoms with van der Waals surface area (Å²) in [6.45, 7) is 2.01. The highest BCUT2D eigenvalue weighted by molar-refractivity contribution is 5.58. The molecule has 3 N–H and O–H groups in total. The van der Waals surface area contributed by atoms with Gasteiger partial charge in [0.2, 0.25) is 0 Å². The van der Waals surface area contributed by atoms with Crippen LogP contribution in [0.25, 0.3) is 11.4 Å². The summed E-state index contributed by atoms with van der Waals surface area (Å²) >= 11 is 0. The molecular weight excluding hydrogens is 281 g/mol. The number of hydrazine groups is 1. The molecule has 0 radical (unpaired) electrons. The van der Waals surface area contributed by atoms with E-state index in [0.717, 1.165) is 30.7 Å². The maximum absolute atomic E-state index is 12.5. The van der Waals surface area contributed by atoms with E-state index in [-0.39, 0.29) is 0 Å². The Morgan fingerprint density at radius 3 is 2.33 bits per heavy atom. The van der Waals surface area contributed by atoms with Crippen molar-refractivity contribution in [2.45, 2.75) is 25.9 Å². The largest absolute Gasteiger partial charge is 0.416 e. The molecule has 0 amide bonds. The second-order valence-electron chi connectivity index (χ2n) is 4.54. The summed E-state index contributed by atoms with van der Waals surface area (Å²) in [5.74, 6) is 6.14. The van der Waals surface area contributed by atoms with Gasteiger partial charge in [-0.25, -0.2) is 15.8 Å². The number of rotatable bonds is 4. The van der Waals surface area contributed by atoms with Crippen LogP contribution in [0.3, 0.4) is 0 Å². The van der Waals surface area contributed by atoms with Crippen molar-refractivity contribution in [3.8, 4) is 11.4 Å². The molecule has 4 nitrogen and oxygen atoms in total. The number of aryl methyl sites for hydroxylation is 1. The zero-order valence-corrected chi connectivity index (χ0v) is 11.4. The molecule has 0 aliphatic heterocycles. The molecule has 0 saturated heterocycles. The Labute approximate surface area is 120 Å². The van der Waals surface area contributed by atoms with Crippen molar-refractivity contribution in [1.82, 2.24) is 9.97 Å². The Balaban J connectivity index is 2.39. The quantitative estimate of drug-likeness (QED) is 0.670. The minimum Gasteiger partial charge on any atom is -0.308 e.